The molecule has 1 aromatic carbocycles. The van der Waals surface area contributed by atoms with Gasteiger partial charge < -0.3 is 0 Å². The first-order valence-corrected chi connectivity index (χ1v) is 12.1. The first kappa shape index (κ1) is 21.9. The number of carbonyl (C=O) groups is 1. The standard InChI is InChI=1S/C22H29N5O3S/c1-16-19-9-10-20(28)27(14-11-17-7-5-4-6-8-17)22(19)24-21(23-16)18-12-13-26(15-18)31(29,30)25(2)3/h4-8,18H,9-15H2,1-3H3. The lowest BCUT2D eigenvalue weighted by Gasteiger charge is -2.30. The zero-order valence-corrected chi connectivity index (χ0v) is 19.1. The summed E-state index contributed by atoms with van der Waals surface area (Å²) < 4.78 is 27.7. The summed E-state index contributed by atoms with van der Waals surface area (Å²) in [4.78, 5) is 24.1. The number of fused-ring (bicyclic) bond motifs is 1. The maximum Gasteiger partial charge on any atom is 0.281 e. The van der Waals surface area contributed by atoms with Crippen molar-refractivity contribution in [1.29, 1.82) is 0 Å². The molecule has 2 aliphatic rings. The summed E-state index contributed by atoms with van der Waals surface area (Å²) in [5.41, 5.74) is 3.08. The van der Waals surface area contributed by atoms with E-state index in [1.807, 2.05) is 25.1 Å². The quantitative estimate of drug-likeness (QED) is 0.681. The molecular formula is C22H29N5O3S. The fourth-order valence-corrected chi connectivity index (χ4v) is 5.45. The van der Waals surface area contributed by atoms with Crippen LogP contribution in [0.15, 0.2) is 30.3 Å². The zero-order chi connectivity index (χ0) is 22.2. The van der Waals surface area contributed by atoms with Crippen LogP contribution in [0.1, 0.15) is 41.4 Å². The van der Waals surface area contributed by atoms with E-state index in [4.69, 9.17) is 9.97 Å². The Morgan fingerprint density at radius 1 is 1.13 bits per heavy atom. The largest absolute Gasteiger partial charge is 0.296 e. The molecule has 1 fully saturated rings. The lowest BCUT2D eigenvalue weighted by Crippen LogP contribution is -2.39. The average molecular weight is 444 g/mol. The number of benzene rings is 1. The van der Waals surface area contributed by atoms with E-state index < -0.39 is 10.2 Å². The van der Waals surface area contributed by atoms with Crippen LogP contribution in [0.3, 0.4) is 0 Å². The molecule has 0 spiro atoms. The molecule has 1 unspecified atom stereocenters. The molecule has 1 amide bonds. The van der Waals surface area contributed by atoms with Gasteiger partial charge in [-0.25, -0.2) is 9.97 Å². The number of aryl methyl sites for hydroxylation is 1. The fraction of sp³-hybridized carbons (Fsp3) is 0.500. The zero-order valence-electron chi connectivity index (χ0n) is 18.3. The van der Waals surface area contributed by atoms with E-state index in [1.54, 1.807) is 19.0 Å². The van der Waals surface area contributed by atoms with Gasteiger partial charge in [0.05, 0.1) is 0 Å². The van der Waals surface area contributed by atoms with Gasteiger partial charge in [-0.3, -0.25) is 9.69 Å². The maximum absolute atomic E-state index is 12.8. The van der Waals surface area contributed by atoms with Crippen LogP contribution in [-0.4, -0.2) is 66.6 Å². The Kier molecular flexibility index (Phi) is 6.09. The van der Waals surface area contributed by atoms with Crippen molar-refractivity contribution in [3.05, 3.63) is 53.0 Å². The first-order chi connectivity index (χ1) is 14.8. The van der Waals surface area contributed by atoms with Crippen LogP contribution in [-0.2, 0) is 27.8 Å². The third-order valence-corrected chi connectivity index (χ3v) is 8.03. The summed E-state index contributed by atoms with van der Waals surface area (Å²) in [6, 6.07) is 10.1. The van der Waals surface area contributed by atoms with Crippen molar-refractivity contribution in [3.63, 3.8) is 0 Å². The number of carbonyl (C=O) groups excluding carboxylic acids is 1. The van der Waals surface area contributed by atoms with E-state index in [-0.39, 0.29) is 11.8 Å². The summed E-state index contributed by atoms with van der Waals surface area (Å²) in [6.45, 7) is 3.33. The van der Waals surface area contributed by atoms with Gasteiger partial charge in [0, 0.05) is 57.3 Å². The van der Waals surface area contributed by atoms with Crippen molar-refractivity contribution in [2.24, 2.45) is 0 Å². The van der Waals surface area contributed by atoms with Crippen LogP contribution in [0.4, 0.5) is 5.82 Å². The molecule has 3 heterocycles. The summed E-state index contributed by atoms with van der Waals surface area (Å²) in [5, 5.41) is 0. The van der Waals surface area contributed by atoms with Crippen LogP contribution in [0.25, 0.3) is 0 Å². The molecular weight excluding hydrogens is 414 g/mol. The van der Waals surface area contributed by atoms with Gasteiger partial charge in [0.25, 0.3) is 10.2 Å². The summed E-state index contributed by atoms with van der Waals surface area (Å²) in [6.07, 6.45) is 2.53. The minimum absolute atomic E-state index is 0.0771. The molecule has 1 saturated heterocycles. The highest BCUT2D eigenvalue weighted by Gasteiger charge is 2.36. The van der Waals surface area contributed by atoms with Crippen LogP contribution in [0, 0.1) is 6.92 Å². The van der Waals surface area contributed by atoms with Gasteiger partial charge in [-0.2, -0.15) is 17.0 Å². The topological polar surface area (TPSA) is 86.7 Å². The highest BCUT2D eigenvalue weighted by Crippen LogP contribution is 2.33. The van der Waals surface area contributed by atoms with E-state index >= 15 is 0 Å². The van der Waals surface area contributed by atoms with Crippen LogP contribution >= 0.6 is 0 Å². The molecule has 0 aliphatic carbocycles. The van der Waals surface area contributed by atoms with Crippen molar-refractivity contribution in [3.8, 4) is 0 Å². The van der Waals surface area contributed by atoms with Gasteiger partial charge in [0.2, 0.25) is 5.91 Å². The summed E-state index contributed by atoms with van der Waals surface area (Å²) in [7, 11) is -0.377. The summed E-state index contributed by atoms with van der Waals surface area (Å²) in [5.74, 6) is 1.33. The van der Waals surface area contributed by atoms with Crippen LogP contribution in [0.5, 0.6) is 0 Å². The minimum Gasteiger partial charge on any atom is -0.296 e. The van der Waals surface area contributed by atoms with Crippen molar-refractivity contribution < 1.29 is 13.2 Å². The fourth-order valence-electron chi connectivity index (χ4n) is 4.28. The van der Waals surface area contributed by atoms with Gasteiger partial charge >= 0.3 is 0 Å². The van der Waals surface area contributed by atoms with E-state index in [0.717, 1.165) is 17.7 Å². The number of rotatable bonds is 6. The lowest BCUT2D eigenvalue weighted by molar-refractivity contribution is -0.118. The predicted octanol–water partition coefficient (Wildman–Crippen LogP) is 1.90. The monoisotopic (exact) mass is 443 g/mol. The first-order valence-electron chi connectivity index (χ1n) is 10.7. The van der Waals surface area contributed by atoms with Gasteiger partial charge in [0.15, 0.2) is 0 Å². The molecule has 0 saturated carbocycles. The molecule has 0 bridgehead atoms. The number of anilines is 1. The molecule has 4 rings (SSSR count). The third-order valence-electron chi connectivity index (χ3n) is 6.13. The van der Waals surface area contributed by atoms with Crippen molar-refractivity contribution in [2.45, 2.75) is 38.5 Å². The second kappa shape index (κ2) is 8.64. The molecule has 2 aliphatic heterocycles. The maximum atomic E-state index is 12.8. The Balaban J connectivity index is 1.59. The van der Waals surface area contributed by atoms with Crippen LogP contribution in [0.2, 0.25) is 0 Å². The third kappa shape index (κ3) is 4.35. The molecule has 1 aromatic heterocycles. The van der Waals surface area contributed by atoms with Crippen molar-refractivity contribution in [2.75, 3.05) is 38.6 Å². The molecule has 166 valence electrons. The number of nitrogens with zero attached hydrogens (tertiary/aromatic N) is 5. The Hall–Kier alpha value is -2.36. The number of aromatic nitrogens is 2. The van der Waals surface area contributed by atoms with Gasteiger partial charge in [-0.05, 0) is 31.7 Å². The van der Waals surface area contributed by atoms with E-state index in [2.05, 4.69) is 12.1 Å². The molecule has 31 heavy (non-hydrogen) atoms. The SMILES string of the molecule is Cc1nc(C2CCN(S(=O)(=O)N(C)C)C2)nc2c1CCC(=O)N2CCc1ccccc1. The summed E-state index contributed by atoms with van der Waals surface area (Å²) >= 11 is 0. The second-order valence-electron chi connectivity index (χ2n) is 8.38. The predicted molar refractivity (Wildman–Crippen MR) is 119 cm³/mol. The Labute approximate surface area is 184 Å². The van der Waals surface area contributed by atoms with Crippen LogP contribution < -0.4 is 4.90 Å². The molecule has 8 nitrogen and oxygen atoms in total. The minimum atomic E-state index is -3.46. The van der Waals surface area contributed by atoms with Crippen molar-refractivity contribution >= 4 is 21.9 Å². The van der Waals surface area contributed by atoms with E-state index in [1.165, 1.54) is 14.2 Å². The Morgan fingerprint density at radius 3 is 2.58 bits per heavy atom. The molecule has 2 aromatic rings. The lowest BCUT2D eigenvalue weighted by atomic mass is 10.0. The average Bonchev–Trinajstić information content (AvgIpc) is 3.24. The van der Waals surface area contributed by atoms with E-state index in [9.17, 15) is 13.2 Å². The smallest absolute Gasteiger partial charge is 0.281 e. The molecule has 9 heteroatoms. The normalized spacial score (nSPS) is 19.8. The van der Waals surface area contributed by atoms with Gasteiger partial charge in [0.1, 0.15) is 11.6 Å². The van der Waals surface area contributed by atoms with Gasteiger partial charge in [-0.15, -0.1) is 0 Å². The molecule has 0 N–H and O–H groups in total. The molecule has 1 atom stereocenters. The Bertz CT molecular complexity index is 1070. The number of hydrogen-bond acceptors (Lipinski definition) is 5. The van der Waals surface area contributed by atoms with Gasteiger partial charge in [-0.1, -0.05) is 30.3 Å². The molecule has 0 radical (unpaired) electrons. The number of hydrogen-bond donors (Lipinski definition) is 0. The van der Waals surface area contributed by atoms with Crippen molar-refractivity contribution in [1.82, 2.24) is 18.6 Å². The second-order valence-corrected chi connectivity index (χ2v) is 10.5. The highest BCUT2D eigenvalue weighted by atomic mass is 32.2. The van der Waals surface area contributed by atoms with E-state index in [0.29, 0.717) is 50.5 Å². The Morgan fingerprint density at radius 2 is 1.87 bits per heavy atom. The highest BCUT2D eigenvalue weighted by molar-refractivity contribution is 7.86. The number of amides is 1.